The summed E-state index contributed by atoms with van der Waals surface area (Å²) in [5.41, 5.74) is 0. The van der Waals surface area contributed by atoms with Crippen LogP contribution in [0.2, 0.25) is 0 Å². The van der Waals surface area contributed by atoms with Gasteiger partial charge in [-0.25, -0.2) is 13.0 Å². The van der Waals surface area contributed by atoms with Gasteiger partial charge in [-0.3, -0.25) is 0 Å². The number of hydrogen-bond donors (Lipinski definition) is 0. The Labute approximate surface area is 387 Å². The third-order valence-corrected chi connectivity index (χ3v) is 4.68. The molecule has 0 saturated carbocycles. The molecule has 0 aliphatic heterocycles. The Kier molecular flexibility index (Phi) is 133. The standard InChI is InChI=1S/C7H12N2O2S.C4H9O2S.C3H7.3C2H6.CH4.3Ar.3Y/c1-3-6-12(10,11)9-5-4-8(2)7-9;1-3-4-7(2,5)6;1-3-2;3*1-2;;;;;;;/h4-5,7H,1,3,6H2,2H3;1,3-4H2,2H3;1,3H2,2H3;3*1-2H3;1H4;;;;;;/q;2*-1;;;;;;;;;;. The monoisotopic (exact) mass is 845 g/mol. The van der Waals surface area contributed by atoms with E-state index in [1.807, 2.05) is 48.5 Å². The summed E-state index contributed by atoms with van der Waals surface area (Å²) in [4.78, 5) is 0. The van der Waals surface area contributed by atoms with Gasteiger partial charge in [0.1, 0.15) is 22.2 Å². The Morgan fingerprint density at radius 1 is 0.771 bits per heavy atom. The minimum atomic E-state index is -3.16. The van der Waals surface area contributed by atoms with Gasteiger partial charge in [-0.15, -0.1) is 3.97 Å². The molecule has 3 radical (unpaired) electrons. The van der Waals surface area contributed by atoms with Crippen molar-refractivity contribution in [1.82, 2.24) is 3.97 Å². The zero-order chi connectivity index (χ0) is 23.8. The molecule has 0 atom stereocenters. The first kappa shape index (κ1) is 78.1. The van der Waals surface area contributed by atoms with Crippen LogP contribution in [0.3, 0.4) is 0 Å². The van der Waals surface area contributed by atoms with Crippen LogP contribution in [0.5, 0.6) is 0 Å². The van der Waals surface area contributed by atoms with Gasteiger partial charge in [0.05, 0.1) is 12.8 Å². The summed E-state index contributed by atoms with van der Waals surface area (Å²) in [5.74, 6) is 0.286. The summed E-state index contributed by atoms with van der Waals surface area (Å²) in [5, 5.41) is 0. The normalized spacial score (nSPS) is 7.43. The van der Waals surface area contributed by atoms with Crippen LogP contribution >= 0.6 is 0 Å². The molecule has 0 amide bonds. The Morgan fingerprint density at radius 3 is 1.20 bits per heavy atom. The molecule has 1 aromatic heterocycles. The molecule has 1 aromatic rings. The second-order valence-electron chi connectivity index (χ2n) is 4.56. The summed E-state index contributed by atoms with van der Waals surface area (Å²) >= 11 is 0. The summed E-state index contributed by atoms with van der Waals surface area (Å²) in [6.07, 6.45) is 7.79. The molecule has 215 valence electrons. The number of aromatic nitrogens is 2. The second kappa shape index (κ2) is 59.6. The van der Waals surface area contributed by atoms with Crippen LogP contribution in [0.15, 0.2) is 18.7 Å². The predicted molar refractivity (Wildman–Crippen MR) is 131 cm³/mol. The van der Waals surface area contributed by atoms with E-state index in [1.54, 1.807) is 17.8 Å². The fourth-order valence-electron chi connectivity index (χ4n) is 1.14. The topological polar surface area (TPSA) is 77.1 Å². The number of nitrogens with zero attached hydrogens (tertiary/aromatic N) is 2. The molecule has 0 saturated heterocycles. The number of aryl methyl sites for hydroxylation is 1. The number of imidazole rings is 1. The van der Waals surface area contributed by atoms with Crippen molar-refractivity contribution in [2.75, 3.05) is 17.8 Å². The zero-order valence-electron chi connectivity index (χ0n) is 22.5. The average Bonchev–Trinajstić information content (AvgIpc) is 3.08. The van der Waals surface area contributed by atoms with Crippen LogP contribution in [-0.2, 0) is 125 Å². The minimum Gasteiger partial charge on any atom is -0.344 e. The third-order valence-electron chi connectivity index (χ3n) is 1.98. The van der Waals surface area contributed by atoms with Crippen molar-refractivity contribution < 1.29 is 233 Å². The van der Waals surface area contributed by atoms with Crippen LogP contribution in [-0.4, -0.2) is 38.6 Å². The number of sulfone groups is 1. The Morgan fingerprint density at radius 2 is 1.06 bits per heavy atom. The van der Waals surface area contributed by atoms with E-state index in [0.717, 1.165) is 6.42 Å². The van der Waals surface area contributed by atoms with E-state index < -0.39 is 19.9 Å². The van der Waals surface area contributed by atoms with Crippen LogP contribution in [0.25, 0.3) is 0 Å². The van der Waals surface area contributed by atoms with Crippen LogP contribution in [0.4, 0.5) is 0 Å². The first-order chi connectivity index (χ1) is 13.0. The summed E-state index contributed by atoms with van der Waals surface area (Å²) < 4.78 is 46.0. The second-order valence-corrected chi connectivity index (χ2v) is 8.82. The Balaban J connectivity index is -0.0000000205. The summed E-state index contributed by atoms with van der Waals surface area (Å²) in [6.45, 7) is 24.4. The van der Waals surface area contributed by atoms with Crippen molar-refractivity contribution in [3.05, 3.63) is 39.5 Å². The largest absolute Gasteiger partial charge is 0.344 e. The minimum absolute atomic E-state index is 0. The maximum absolute atomic E-state index is 11.4. The van der Waals surface area contributed by atoms with Gasteiger partial charge in [-0.05, 0) is 0 Å². The summed E-state index contributed by atoms with van der Waals surface area (Å²) in [6, 6.07) is 0. The van der Waals surface area contributed by atoms with E-state index in [0.29, 0.717) is 12.8 Å². The van der Waals surface area contributed by atoms with Gasteiger partial charge in [-0.2, -0.15) is 27.7 Å². The van der Waals surface area contributed by atoms with E-state index in [1.165, 1.54) is 22.8 Å². The molecule has 0 aliphatic rings. The van der Waals surface area contributed by atoms with Gasteiger partial charge in [0, 0.05) is 223 Å². The van der Waals surface area contributed by atoms with Gasteiger partial charge in [0.2, 0.25) is 0 Å². The maximum atomic E-state index is 11.4. The molecule has 0 fully saturated rings. The van der Waals surface area contributed by atoms with E-state index in [9.17, 15) is 16.8 Å². The van der Waals surface area contributed by atoms with Crippen molar-refractivity contribution >= 4 is 19.9 Å². The van der Waals surface area contributed by atoms with E-state index in [-0.39, 0.29) is 230 Å². The molecular formula is C21H50Ar3N2O4S2Y3-2. The van der Waals surface area contributed by atoms with E-state index in [2.05, 4.69) is 20.8 Å². The van der Waals surface area contributed by atoms with Crippen molar-refractivity contribution in [3.8, 4) is 0 Å². The molecule has 6 nitrogen and oxygen atoms in total. The average molecular weight is 845 g/mol. The van der Waals surface area contributed by atoms with Crippen molar-refractivity contribution in [2.24, 2.45) is 7.05 Å². The van der Waals surface area contributed by atoms with Gasteiger partial charge >= 0.3 is 10.0 Å². The van der Waals surface area contributed by atoms with Crippen LogP contribution in [0, 0.1) is 134 Å². The molecular weight excluding hydrogens is 795 g/mol. The molecule has 1 rings (SSSR count). The van der Waals surface area contributed by atoms with E-state index in [4.69, 9.17) is 0 Å². The molecule has 0 aromatic carbocycles. The first-order valence-corrected chi connectivity index (χ1v) is 13.5. The van der Waals surface area contributed by atoms with Gasteiger partial charge in [0.25, 0.3) is 6.33 Å². The fraction of sp³-hybridized carbons (Fsp3) is 0.714. The molecule has 35 heavy (non-hydrogen) atoms. The maximum Gasteiger partial charge on any atom is 0.302 e. The zero-order valence-corrected chi connectivity index (χ0v) is 34.8. The van der Waals surface area contributed by atoms with Crippen molar-refractivity contribution in [1.29, 1.82) is 0 Å². The van der Waals surface area contributed by atoms with Gasteiger partial charge in [0.15, 0.2) is 0 Å². The Hall–Kier alpha value is 6.20. The fourth-order valence-corrected chi connectivity index (χ4v) is 2.77. The van der Waals surface area contributed by atoms with Crippen molar-refractivity contribution in [3.63, 3.8) is 0 Å². The molecule has 0 unspecified atom stereocenters. The number of rotatable bonds is 5. The predicted octanol–water partition coefficient (Wildman–Crippen LogP) is 4.91. The van der Waals surface area contributed by atoms with E-state index >= 15 is 0 Å². The first-order valence-electron chi connectivity index (χ1n) is 9.86. The molecule has 0 aliphatic carbocycles. The molecule has 14 heteroatoms. The van der Waals surface area contributed by atoms with Crippen molar-refractivity contribution in [2.45, 2.75) is 75.2 Å². The molecule has 0 bridgehead atoms. The molecule has 1 heterocycles. The molecule has 0 spiro atoms. The Bertz CT molecular complexity index is 623. The van der Waals surface area contributed by atoms with Crippen LogP contribution < -0.4 is 4.57 Å². The smallest absolute Gasteiger partial charge is 0.302 e. The quantitative estimate of drug-likeness (QED) is 0.312. The molecule has 0 N–H and O–H groups in total. The summed E-state index contributed by atoms with van der Waals surface area (Å²) in [7, 11) is -4.12. The third kappa shape index (κ3) is 68.8. The van der Waals surface area contributed by atoms with Crippen LogP contribution in [0.1, 0.15) is 75.2 Å². The van der Waals surface area contributed by atoms with Gasteiger partial charge < -0.3 is 20.8 Å². The van der Waals surface area contributed by atoms with Gasteiger partial charge in [-0.1, -0.05) is 55.9 Å². The number of hydrogen-bond acceptors (Lipinski definition) is 4. The SMILES string of the molecule is C.CC.CC.CC.[Ar].[Ar].[Ar].[CH2-]CC.[CH2-]CCS(=O)(=O)n1cc[n+](C)c1.[CH2-]CCS(C)(=O)=O.[Y].[Y].[Y].